The molecule has 0 saturated heterocycles. The van der Waals surface area contributed by atoms with Crippen molar-refractivity contribution in [1.82, 2.24) is 0 Å². The number of hydrogen-bond donors (Lipinski definition) is 5. The minimum absolute atomic E-state index is 0.0213. The lowest BCUT2D eigenvalue weighted by atomic mass is 10.2. The Labute approximate surface area is 86.6 Å². The highest BCUT2D eigenvalue weighted by Gasteiger charge is 2.11. The predicted octanol–water partition coefficient (Wildman–Crippen LogP) is -2.91. The maximum Gasteiger partial charge on any atom is 0.320 e. The van der Waals surface area contributed by atoms with Crippen molar-refractivity contribution in [2.45, 2.75) is 18.9 Å². The number of carbonyl (C=O) groups excluding carboxylic acids is 2. The highest BCUT2D eigenvalue weighted by atomic mass is 16.4. The van der Waals surface area contributed by atoms with Gasteiger partial charge in [0.1, 0.15) is 6.04 Å². The molecule has 0 bridgehead atoms. The zero-order valence-electron chi connectivity index (χ0n) is 8.18. The number of nitrogens with two attached hydrogens (primary N) is 4. The van der Waals surface area contributed by atoms with Crippen molar-refractivity contribution in [3.8, 4) is 0 Å². The third-order valence-electron chi connectivity index (χ3n) is 1.22. The number of aliphatic carboxylic acids is 1. The third kappa shape index (κ3) is 15.1. The van der Waals surface area contributed by atoms with E-state index in [1.54, 1.807) is 0 Å². The van der Waals surface area contributed by atoms with Gasteiger partial charge in [-0.25, -0.2) is 0 Å². The van der Waals surface area contributed by atoms with Crippen LogP contribution < -0.4 is 22.9 Å². The summed E-state index contributed by atoms with van der Waals surface area (Å²) in [6, 6.07) is -0.979. The lowest BCUT2D eigenvalue weighted by molar-refractivity contribution is -0.138. The van der Waals surface area contributed by atoms with Crippen LogP contribution in [-0.4, -0.2) is 35.5 Å². The van der Waals surface area contributed by atoms with Gasteiger partial charge in [0.05, 0.1) is 6.54 Å². The second-order valence-corrected chi connectivity index (χ2v) is 2.62. The van der Waals surface area contributed by atoms with Crippen LogP contribution in [0.4, 0.5) is 0 Å². The lowest BCUT2D eigenvalue weighted by Crippen LogP contribution is -2.31. The second-order valence-electron chi connectivity index (χ2n) is 2.62. The van der Waals surface area contributed by atoms with Crippen LogP contribution >= 0.6 is 0 Å². The minimum atomic E-state index is -1.11. The molecule has 0 aromatic heterocycles. The van der Waals surface area contributed by atoms with E-state index in [4.69, 9.17) is 22.3 Å². The molecular weight excluding hydrogens is 204 g/mol. The number of carboxylic acids is 1. The van der Waals surface area contributed by atoms with Crippen LogP contribution in [-0.2, 0) is 14.4 Å². The van der Waals surface area contributed by atoms with Gasteiger partial charge in [-0.05, 0) is 6.42 Å². The molecule has 2 amide bonds. The summed E-state index contributed by atoms with van der Waals surface area (Å²) in [4.78, 5) is 29.6. The monoisotopic (exact) mass is 220 g/mol. The summed E-state index contributed by atoms with van der Waals surface area (Å²) in [5, 5.41) is 8.22. The molecule has 0 aliphatic heterocycles. The quantitative estimate of drug-likeness (QED) is 0.331. The first-order valence-corrected chi connectivity index (χ1v) is 4.06. The Balaban J connectivity index is 0. The fourth-order valence-electron chi connectivity index (χ4n) is 0.421. The van der Waals surface area contributed by atoms with Gasteiger partial charge in [0, 0.05) is 6.42 Å². The van der Waals surface area contributed by atoms with E-state index in [1.165, 1.54) is 0 Å². The molecule has 0 spiro atoms. The lowest BCUT2D eigenvalue weighted by Gasteiger charge is -2.01. The first kappa shape index (κ1) is 15.8. The molecule has 8 heteroatoms. The van der Waals surface area contributed by atoms with Crippen LogP contribution in [0.2, 0.25) is 0 Å². The van der Waals surface area contributed by atoms with Gasteiger partial charge in [0.15, 0.2) is 0 Å². The van der Waals surface area contributed by atoms with Crippen molar-refractivity contribution in [2.75, 3.05) is 6.54 Å². The largest absolute Gasteiger partial charge is 0.480 e. The number of primary amides is 2. The molecule has 8 nitrogen and oxygen atoms in total. The topological polar surface area (TPSA) is 176 Å². The fraction of sp³-hybridized carbons (Fsp3) is 0.571. The third-order valence-corrected chi connectivity index (χ3v) is 1.22. The van der Waals surface area contributed by atoms with E-state index in [1.807, 2.05) is 0 Å². The summed E-state index contributed by atoms with van der Waals surface area (Å²) in [6.07, 6.45) is 0.123. The van der Waals surface area contributed by atoms with Crippen molar-refractivity contribution in [2.24, 2.45) is 22.9 Å². The van der Waals surface area contributed by atoms with Crippen molar-refractivity contribution in [1.29, 1.82) is 0 Å². The number of carboxylic acid groups (broad SMARTS) is 1. The average molecular weight is 220 g/mol. The molecular formula is C7H16N4O4. The molecule has 0 aliphatic carbocycles. The minimum Gasteiger partial charge on any atom is -0.480 e. The Kier molecular flexibility index (Phi) is 9.37. The van der Waals surface area contributed by atoms with Crippen LogP contribution in [0.1, 0.15) is 12.8 Å². The van der Waals surface area contributed by atoms with E-state index in [0.717, 1.165) is 0 Å². The van der Waals surface area contributed by atoms with Crippen LogP contribution in [0.15, 0.2) is 0 Å². The van der Waals surface area contributed by atoms with Crippen LogP contribution in [0.3, 0.4) is 0 Å². The number of rotatable bonds is 5. The van der Waals surface area contributed by atoms with Gasteiger partial charge in [-0.2, -0.15) is 0 Å². The summed E-state index contributed by atoms with van der Waals surface area (Å²) >= 11 is 0. The molecule has 88 valence electrons. The SMILES string of the molecule is NC(=O)CCC(N)C(=O)O.NCC(N)=O. The molecule has 1 unspecified atom stereocenters. The van der Waals surface area contributed by atoms with Gasteiger partial charge < -0.3 is 28.0 Å². The Morgan fingerprint density at radius 3 is 1.73 bits per heavy atom. The number of carbonyl (C=O) groups is 3. The van der Waals surface area contributed by atoms with Crippen molar-refractivity contribution >= 4 is 17.8 Å². The van der Waals surface area contributed by atoms with Gasteiger partial charge in [-0.1, -0.05) is 0 Å². The molecule has 1 atom stereocenters. The maximum atomic E-state index is 10.1. The van der Waals surface area contributed by atoms with E-state index in [9.17, 15) is 14.4 Å². The molecule has 0 rings (SSSR count). The summed E-state index contributed by atoms with van der Waals surface area (Å²) in [6.45, 7) is -0.0556. The highest BCUT2D eigenvalue weighted by Crippen LogP contribution is 1.92. The summed E-state index contributed by atoms with van der Waals surface area (Å²) in [7, 11) is 0. The fourth-order valence-corrected chi connectivity index (χ4v) is 0.421. The van der Waals surface area contributed by atoms with Gasteiger partial charge >= 0.3 is 5.97 Å². The Morgan fingerprint density at radius 1 is 1.13 bits per heavy atom. The number of amides is 2. The van der Waals surface area contributed by atoms with E-state index in [-0.39, 0.29) is 19.4 Å². The zero-order chi connectivity index (χ0) is 12.4. The molecule has 0 aliphatic rings. The normalized spacial score (nSPS) is 10.8. The van der Waals surface area contributed by atoms with E-state index in [2.05, 4.69) is 5.73 Å². The predicted molar refractivity (Wildman–Crippen MR) is 52.3 cm³/mol. The molecule has 0 radical (unpaired) electrons. The second kappa shape index (κ2) is 8.91. The van der Waals surface area contributed by atoms with E-state index < -0.39 is 23.8 Å². The van der Waals surface area contributed by atoms with Crippen LogP contribution in [0, 0.1) is 0 Å². The molecule has 15 heavy (non-hydrogen) atoms. The van der Waals surface area contributed by atoms with Gasteiger partial charge in [0.25, 0.3) is 0 Å². The summed E-state index contributed by atoms with van der Waals surface area (Å²) < 4.78 is 0. The zero-order valence-corrected chi connectivity index (χ0v) is 8.18. The highest BCUT2D eigenvalue weighted by molar-refractivity contribution is 5.77. The average Bonchev–Trinajstić information content (AvgIpc) is 2.14. The van der Waals surface area contributed by atoms with Gasteiger partial charge in [0.2, 0.25) is 11.8 Å². The molecule has 0 fully saturated rings. The molecule has 0 saturated carbocycles. The first-order chi connectivity index (χ1) is 6.81. The van der Waals surface area contributed by atoms with Crippen molar-refractivity contribution in [3.05, 3.63) is 0 Å². The van der Waals surface area contributed by atoms with Crippen molar-refractivity contribution < 1.29 is 19.5 Å². The Bertz CT molecular complexity index is 231. The van der Waals surface area contributed by atoms with Gasteiger partial charge in [-0.3, -0.25) is 14.4 Å². The summed E-state index contributed by atoms with van der Waals surface area (Å²) in [5.41, 5.74) is 19.0. The smallest absolute Gasteiger partial charge is 0.320 e. The maximum absolute atomic E-state index is 10.1. The molecule has 0 aromatic carbocycles. The molecule has 9 N–H and O–H groups in total. The van der Waals surface area contributed by atoms with Crippen LogP contribution in [0.25, 0.3) is 0 Å². The Hall–Kier alpha value is -1.67. The first-order valence-electron chi connectivity index (χ1n) is 4.06. The standard InChI is InChI=1S/C5H10N2O3.C2H6N2O/c6-3(5(9)10)1-2-4(7)8;3-1-2(4)5/h3H,1-2,6H2,(H2,7,8)(H,9,10);1,3H2,(H2,4,5). The molecule has 0 heterocycles. The van der Waals surface area contributed by atoms with Crippen LogP contribution in [0.5, 0.6) is 0 Å². The van der Waals surface area contributed by atoms with E-state index in [0.29, 0.717) is 0 Å². The molecule has 0 aromatic rings. The van der Waals surface area contributed by atoms with E-state index >= 15 is 0 Å². The van der Waals surface area contributed by atoms with Crippen molar-refractivity contribution in [3.63, 3.8) is 0 Å². The van der Waals surface area contributed by atoms with Gasteiger partial charge in [-0.15, -0.1) is 0 Å². The Morgan fingerprint density at radius 2 is 1.53 bits per heavy atom. The number of hydrogen-bond acceptors (Lipinski definition) is 5. The summed E-state index contributed by atoms with van der Waals surface area (Å²) in [5.74, 6) is -2.11.